The average Bonchev–Trinajstić information content (AvgIpc) is 3.71. The van der Waals surface area contributed by atoms with Gasteiger partial charge in [-0.15, -0.1) is 11.3 Å². The van der Waals surface area contributed by atoms with Gasteiger partial charge in [-0.05, 0) is 78.0 Å². The Labute approximate surface area is 242 Å². The molecule has 1 unspecified atom stereocenters. The molecule has 11 nitrogen and oxygen atoms in total. The van der Waals surface area contributed by atoms with E-state index in [0.29, 0.717) is 28.3 Å². The van der Waals surface area contributed by atoms with E-state index < -0.39 is 16.1 Å². The van der Waals surface area contributed by atoms with Gasteiger partial charge in [-0.2, -0.15) is 0 Å². The first kappa shape index (κ1) is 27.8. The first-order valence-corrected chi connectivity index (χ1v) is 16.1. The number of anilines is 1. The lowest BCUT2D eigenvalue weighted by Gasteiger charge is -2.27. The minimum absolute atomic E-state index is 0.141. The van der Waals surface area contributed by atoms with Gasteiger partial charge in [-0.25, -0.2) is 37.5 Å². The summed E-state index contributed by atoms with van der Waals surface area (Å²) in [6.07, 6.45) is 7.82. The van der Waals surface area contributed by atoms with Gasteiger partial charge in [0, 0.05) is 47.7 Å². The quantitative estimate of drug-likeness (QED) is 0.332. The monoisotopic (exact) mass is 595 g/mol. The van der Waals surface area contributed by atoms with E-state index >= 15 is 0 Å². The molecule has 13 heteroatoms. The van der Waals surface area contributed by atoms with Crippen LogP contribution in [0.5, 0.6) is 0 Å². The summed E-state index contributed by atoms with van der Waals surface area (Å²) in [6.45, 7) is 5.01. The Hall–Kier alpha value is -3.39. The molecule has 2 aliphatic heterocycles. The summed E-state index contributed by atoms with van der Waals surface area (Å²) in [5, 5.41) is 10.9. The number of carbonyl (C=O) groups is 1. The molecule has 0 radical (unpaired) electrons. The summed E-state index contributed by atoms with van der Waals surface area (Å²) >= 11 is 1.57. The summed E-state index contributed by atoms with van der Waals surface area (Å²) in [5.74, 6) is 0.377. The van der Waals surface area contributed by atoms with Gasteiger partial charge in [0.2, 0.25) is 10.0 Å². The summed E-state index contributed by atoms with van der Waals surface area (Å²) in [4.78, 5) is 31.7. The number of likely N-dealkylation sites (tertiary alicyclic amines) is 1. The van der Waals surface area contributed by atoms with Crippen molar-refractivity contribution in [3.05, 3.63) is 41.8 Å². The Morgan fingerprint density at radius 1 is 1.10 bits per heavy atom. The standard InChI is InChI=1S/C28H33N7O4S2/c1-17-5-4-8-34(17)20-11-19(12-21(13-20)41(38,39)29-2)23-14-30-26-25(32-23)22(16-35(26)28(36)37)24-15-31-27(40-24)18-6-9-33(3)10-7-18/h11-18,29H,4-10H2,1-3H3,(H,36,37). The van der Waals surface area contributed by atoms with Crippen LogP contribution in [0.25, 0.3) is 32.9 Å². The highest BCUT2D eigenvalue weighted by Gasteiger charge is 2.26. The lowest BCUT2D eigenvalue weighted by Crippen LogP contribution is -2.29. The van der Waals surface area contributed by atoms with Crippen LogP contribution in [0.2, 0.25) is 0 Å². The fourth-order valence-electron chi connectivity index (χ4n) is 5.80. The van der Waals surface area contributed by atoms with Crippen molar-refractivity contribution in [3.8, 4) is 21.7 Å². The van der Waals surface area contributed by atoms with E-state index in [4.69, 9.17) is 9.97 Å². The first-order chi connectivity index (χ1) is 19.6. The Morgan fingerprint density at radius 3 is 2.56 bits per heavy atom. The van der Waals surface area contributed by atoms with Crippen molar-refractivity contribution in [2.45, 2.75) is 49.5 Å². The van der Waals surface area contributed by atoms with Gasteiger partial charge >= 0.3 is 6.09 Å². The van der Waals surface area contributed by atoms with Gasteiger partial charge < -0.3 is 14.9 Å². The number of sulfonamides is 1. The normalized spacial score (nSPS) is 18.9. The third-order valence-corrected chi connectivity index (χ3v) is 10.8. The molecule has 2 fully saturated rings. The van der Waals surface area contributed by atoms with E-state index in [-0.39, 0.29) is 16.6 Å². The van der Waals surface area contributed by atoms with Crippen molar-refractivity contribution in [2.75, 3.05) is 38.6 Å². The number of nitrogens with one attached hydrogen (secondary N) is 1. The Kier molecular flexibility index (Phi) is 7.30. The molecule has 0 spiro atoms. The molecular weight excluding hydrogens is 562 g/mol. The maximum absolute atomic E-state index is 12.9. The molecule has 0 bridgehead atoms. The Balaban J connectivity index is 1.46. The fourth-order valence-corrected chi connectivity index (χ4v) is 7.69. The molecule has 4 aromatic rings. The van der Waals surface area contributed by atoms with Crippen LogP contribution >= 0.6 is 11.3 Å². The predicted molar refractivity (Wildman–Crippen MR) is 159 cm³/mol. The minimum atomic E-state index is -3.73. The molecule has 0 amide bonds. The van der Waals surface area contributed by atoms with Crippen LogP contribution in [0.4, 0.5) is 10.5 Å². The second-order valence-electron chi connectivity index (χ2n) is 10.9. The van der Waals surface area contributed by atoms with Crippen molar-refractivity contribution < 1.29 is 18.3 Å². The average molecular weight is 596 g/mol. The Bertz CT molecular complexity index is 1720. The smallest absolute Gasteiger partial charge is 0.417 e. The number of rotatable bonds is 6. The summed E-state index contributed by atoms with van der Waals surface area (Å²) in [6, 6.07) is 5.50. The third-order valence-electron chi connectivity index (χ3n) is 8.21. The highest BCUT2D eigenvalue weighted by Crippen LogP contribution is 2.39. The van der Waals surface area contributed by atoms with Gasteiger partial charge in [-0.3, -0.25) is 0 Å². The topological polar surface area (TPSA) is 134 Å². The predicted octanol–water partition coefficient (Wildman–Crippen LogP) is 4.45. The van der Waals surface area contributed by atoms with E-state index in [1.54, 1.807) is 35.9 Å². The summed E-state index contributed by atoms with van der Waals surface area (Å²) in [5.41, 5.74) is 3.15. The van der Waals surface area contributed by atoms with E-state index in [1.165, 1.54) is 13.2 Å². The molecule has 5 heterocycles. The lowest BCUT2D eigenvalue weighted by atomic mass is 9.98. The van der Waals surface area contributed by atoms with Crippen molar-refractivity contribution in [1.82, 2.24) is 29.1 Å². The first-order valence-electron chi connectivity index (χ1n) is 13.8. The van der Waals surface area contributed by atoms with Crippen LogP contribution < -0.4 is 9.62 Å². The van der Waals surface area contributed by atoms with Crippen LogP contribution in [-0.2, 0) is 10.0 Å². The second kappa shape index (κ2) is 10.8. The van der Waals surface area contributed by atoms with Crippen LogP contribution in [-0.4, -0.2) is 83.8 Å². The van der Waals surface area contributed by atoms with Gasteiger partial charge in [0.15, 0.2) is 5.65 Å². The Morgan fingerprint density at radius 2 is 1.88 bits per heavy atom. The number of hydrogen-bond acceptors (Lipinski definition) is 9. The molecule has 216 valence electrons. The highest BCUT2D eigenvalue weighted by molar-refractivity contribution is 7.89. The molecular formula is C28H33N7O4S2. The van der Waals surface area contributed by atoms with E-state index in [0.717, 1.165) is 65.5 Å². The number of fused-ring (bicyclic) bond motifs is 1. The molecule has 1 atom stereocenters. The van der Waals surface area contributed by atoms with Crippen molar-refractivity contribution in [2.24, 2.45) is 0 Å². The summed E-state index contributed by atoms with van der Waals surface area (Å²) < 4.78 is 29.2. The zero-order valence-electron chi connectivity index (χ0n) is 23.2. The van der Waals surface area contributed by atoms with Gasteiger partial charge in [0.25, 0.3) is 0 Å². The molecule has 2 N–H and O–H groups in total. The van der Waals surface area contributed by atoms with Crippen LogP contribution in [0.3, 0.4) is 0 Å². The van der Waals surface area contributed by atoms with Crippen molar-refractivity contribution in [3.63, 3.8) is 0 Å². The zero-order chi connectivity index (χ0) is 28.9. The molecule has 3 aromatic heterocycles. The molecule has 6 rings (SSSR count). The molecule has 1 aromatic carbocycles. The lowest BCUT2D eigenvalue weighted by molar-refractivity contribution is 0.197. The van der Waals surface area contributed by atoms with Crippen LogP contribution in [0.15, 0.2) is 41.7 Å². The van der Waals surface area contributed by atoms with Crippen LogP contribution in [0.1, 0.15) is 43.5 Å². The summed E-state index contributed by atoms with van der Waals surface area (Å²) in [7, 11) is -0.212. The number of hydrogen-bond donors (Lipinski definition) is 2. The van der Waals surface area contributed by atoms with Crippen LogP contribution in [0, 0.1) is 0 Å². The van der Waals surface area contributed by atoms with E-state index in [1.807, 2.05) is 6.07 Å². The third kappa shape index (κ3) is 5.23. The number of benzene rings is 1. The van der Waals surface area contributed by atoms with E-state index in [2.05, 4.69) is 33.5 Å². The second-order valence-corrected chi connectivity index (χ2v) is 13.8. The number of thiazole rings is 1. The van der Waals surface area contributed by atoms with Gasteiger partial charge in [0.1, 0.15) is 5.52 Å². The number of piperidine rings is 1. The SMILES string of the molecule is CNS(=O)(=O)c1cc(-c2cnc3c(n2)c(-c2cnc(C4CCN(C)CC4)s2)cn3C(=O)O)cc(N2CCCC2C)c1. The zero-order valence-corrected chi connectivity index (χ0v) is 24.9. The highest BCUT2D eigenvalue weighted by atomic mass is 32.2. The van der Waals surface area contributed by atoms with Gasteiger partial charge in [-0.1, -0.05) is 0 Å². The largest absolute Gasteiger partial charge is 0.464 e. The fraction of sp³-hybridized carbons (Fsp3) is 0.429. The maximum atomic E-state index is 12.9. The molecule has 0 aliphatic carbocycles. The van der Waals surface area contributed by atoms with Crippen molar-refractivity contribution >= 4 is 44.3 Å². The number of nitrogens with zero attached hydrogens (tertiary/aromatic N) is 6. The maximum Gasteiger partial charge on any atom is 0.417 e. The number of aromatic nitrogens is 4. The number of carboxylic acid groups (broad SMARTS) is 1. The molecule has 41 heavy (non-hydrogen) atoms. The minimum Gasteiger partial charge on any atom is -0.464 e. The van der Waals surface area contributed by atoms with Gasteiger partial charge in [0.05, 0.1) is 26.7 Å². The van der Waals surface area contributed by atoms with Crippen molar-refractivity contribution in [1.29, 1.82) is 0 Å². The van der Waals surface area contributed by atoms with E-state index in [9.17, 15) is 18.3 Å². The molecule has 2 aliphatic rings. The molecule has 0 saturated carbocycles. The molecule has 2 saturated heterocycles.